The summed E-state index contributed by atoms with van der Waals surface area (Å²) in [5.41, 5.74) is 0.923. The lowest BCUT2D eigenvalue weighted by atomic mass is 9.98. The molecule has 0 fully saturated rings. The Bertz CT molecular complexity index is 1150. The number of carbonyl (C=O) groups is 2. The number of ketones is 2. The third kappa shape index (κ3) is 5.06. The lowest BCUT2D eigenvalue weighted by Gasteiger charge is -2.21. The highest BCUT2D eigenvalue weighted by Crippen LogP contribution is 2.53. The molecule has 0 aliphatic carbocycles. The number of aromatic hydroxyl groups is 1. The maximum Gasteiger partial charge on any atom is 0.211 e. The molecule has 8 heteroatoms. The summed E-state index contributed by atoms with van der Waals surface area (Å²) in [6.45, 7) is 0.0822. The van der Waals surface area contributed by atoms with Crippen molar-refractivity contribution in [2.45, 2.75) is 13.0 Å². The van der Waals surface area contributed by atoms with Gasteiger partial charge in [-0.15, -0.1) is 0 Å². The van der Waals surface area contributed by atoms with Crippen molar-refractivity contribution in [2.24, 2.45) is 0 Å². The molecule has 0 heterocycles. The van der Waals surface area contributed by atoms with Crippen LogP contribution in [0.15, 0.2) is 54.6 Å². The predicted octanol–water partition coefficient (Wildman–Crippen LogP) is 4.46. The second-order valence-corrected chi connectivity index (χ2v) is 7.18. The molecule has 0 aliphatic heterocycles. The average molecular weight is 466 g/mol. The number of Topliss-reactive ketones (excluding diaryl/α,β-unsaturated/α-hetero) is 2. The lowest BCUT2D eigenvalue weighted by Crippen LogP contribution is -2.13. The van der Waals surface area contributed by atoms with Gasteiger partial charge in [-0.05, 0) is 29.8 Å². The molecule has 0 spiro atoms. The highest BCUT2D eigenvalue weighted by Gasteiger charge is 2.32. The molecular formula is C26H26O8. The van der Waals surface area contributed by atoms with Gasteiger partial charge in [0.25, 0.3) is 0 Å². The molecule has 1 N–H and O–H groups in total. The van der Waals surface area contributed by atoms with Crippen LogP contribution in [-0.2, 0) is 6.61 Å². The summed E-state index contributed by atoms with van der Waals surface area (Å²) in [5, 5.41) is 10.9. The quantitative estimate of drug-likeness (QED) is 0.327. The van der Waals surface area contributed by atoms with Gasteiger partial charge in [-0.1, -0.05) is 30.3 Å². The zero-order chi connectivity index (χ0) is 24.7. The number of phenolic OH excluding ortho intramolecular Hbond substituents is 1. The maximum absolute atomic E-state index is 13.3. The molecule has 0 unspecified atom stereocenters. The van der Waals surface area contributed by atoms with Crippen LogP contribution in [0.4, 0.5) is 0 Å². The van der Waals surface area contributed by atoms with Crippen molar-refractivity contribution >= 4 is 11.6 Å². The third-order valence-corrected chi connectivity index (χ3v) is 5.15. The smallest absolute Gasteiger partial charge is 0.211 e. The highest BCUT2D eigenvalue weighted by molar-refractivity contribution is 6.16. The van der Waals surface area contributed by atoms with E-state index in [0.29, 0.717) is 11.3 Å². The predicted molar refractivity (Wildman–Crippen MR) is 125 cm³/mol. The summed E-state index contributed by atoms with van der Waals surface area (Å²) in [4.78, 5) is 26.1. The van der Waals surface area contributed by atoms with Crippen molar-refractivity contribution in [2.75, 3.05) is 28.4 Å². The van der Waals surface area contributed by atoms with E-state index in [2.05, 4.69) is 0 Å². The molecule has 0 aromatic heterocycles. The van der Waals surface area contributed by atoms with Gasteiger partial charge in [0.2, 0.25) is 17.2 Å². The fraction of sp³-hybridized carbons (Fsp3) is 0.231. The number of rotatable bonds is 11. The average Bonchev–Trinajstić information content (AvgIpc) is 2.87. The molecule has 3 aromatic carbocycles. The second-order valence-electron chi connectivity index (χ2n) is 7.18. The lowest BCUT2D eigenvalue weighted by molar-refractivity contribution is 0.0889. The topological polar surface area (TPSA) is 101 Å². The number of hydrogen-bond donors (Lipinski definition) is 1. The zero-order valence-electron chi connectivity index (χ0n) is 19.4. The fourth-order valence-electron chi connectivity index (χ4n) is 3.45. The van der Waals surface area contributed by atoms with Crippen LogP contribution >= 0.6 is 0 Å². The molecule has 0 bridgehead atoms. The maximum atomic E-state index is 13.3. The Labute approximate surface area is 197 Å². The summed E-state index contributed by atoms with van der Waals surface area (Å²) >= 11 is 0. The minimum Gasteiger partial charge on any atom is -0.504 e. The molecule has 0 amide bonds. The van der Waals surface area contributed by atoms with Crippen molar-refractivity contribution in [1.29, 1.82) is 0 Å². The summed E-state index contributed by atoms with van der Waals surface area (Å²) in [6.07, 6.45) is -0.514. The van der Waals surface area contributed by atoms with Gasteiger partial charge in [-0.2, -0.15) is 0 Å². The molecule has 3 rings (SSSR count). The van der Waals surface area contributed by atoms with Crippen LogP contribution in [0.1, 0.15) is 32.7 Å². The van der Waals surface area contributed by atoms with Crippen molar-refractivity contribution in [3.63, 3.8) is 0 Å². The SMILES string of the molecule is COc1ccc(C(=O)CC(=O)c2c(O)c(OC)c(OC)c(OC)c2OCc2ccccc2)cc1. The first kappa shape index (κ1) is 24.4. The van der Waals surface area contributed by atoms with Gasteiger partial charge in [-0.25, -0.2) is 0 Å². The molecular weight excluding hydrogens is 440 g/mol. The number of benzene rings is 3. The number of ether oxygens (including phenoxy) is 5. The molecule has 178 valence electrons. The molecule has 0 saturated carbocycles. The van der Waals surface area contributed by atoms with E-state index in [1.54, 1.807) is 24.3 Å². The molecule has 3 aromatic rings. The minimum absolute atomic E-state index is 0.0472. The van der Waals surface area contributed by atoms with Crippen LogP contribution in [0.5, 0.6) is 34.5 Å². The number of carbonyl (C=O) groups excluding carboxylic acids is 2. The van der Waals surface area contributed by atoms with E-state index >= 15 is 0 Å². The van der Waals surface area contributed by atoms with Crippen LogP contribution in [0.3, 0.4) is 0 Å². The first-order valence-corrected chi connectivity index (χ1v) is 10.4. The molecule has 8 nitrogen and oxygen atoms in total. The minimum atomic E-state index is -0.666. The Morgan fingerprint density at radius 2 is 1.29 bits per heavy atom. The zero-order valence-corrected chi connectivity index (χ0v) is 19.4. The summed E-state index contributed by atoms with van der Waals surface area (Å²) in [7, 11) is 5.58. The van der Waals surface area contributed by atoms with Crippen LogP contribution in [0, 0.1) is 0 Å². The van der Waals surface area contributed by atoms with Gasteiger partial charge in [0, 0.05) is 5.56 Å². The van der Waals surface area contributed by atoms with Crippen LogP contribution in [0.25, 0.3) is 0 Å². The van der Waals surface area contributed by atoms with Crippen molar-refractivity contribution < 1.29 is 38.4 Å². The van der Waals surface area contributed by atoms with Gasteiger partial charge in [0.15, 0.2) is 23.1 Å². The van der Waals surface area contributed by atoms with Gasteiger partial charge in [0.05, 0.1) is 34.9 Å². The third-order valence-electron chi connectivity index (χ3n) is 5.15. The Morgan fingerprint density at radius 1 is 0.706 bits per heavy atom. The van der Waals surface area contributed by atoms with E-state index in [4.69, 9.17) is 23.7 Å². The van der Waals surface area contributed by atoms with E-state index < -0.39 is 23.7 Å². The van der Waals surface area contributed by atoms with E-state index in [1.807, 2.05) is 30.3 Å². The van der Waals surface area contributed by atoms with Crippen LogP contribution in [0.2, 0.25) is 0 Å². The summed E-state index contributed by atoms with van der Waals surface area (Å²) in [5.74, 6) is -1.05. The van der Waals surface area contributed by atoms with E-state index in [-0.39, 0.29) is 35.2 Å². The van der Waals surface area contributed by atoms with E-state index in [0.717, 1.165) is 5.56 Å². The first-order chi connectivity index (χ1) is 16.4. The second kappa shape index (κ2) is 11.1. The monoisotopic (exact) mass is 466 g/mol. The number of hydrogen-bond acceptors (Lipinski definition) is 8. The number of phenols is 1. The molecule has 34 heavy (non-hydrogen) atoms. The van der Waals surface area contributed by atoms with Gasteiger partial charge >= 0.3 is 0 Å². The first-order valence-electron chi connectivity index (χ1n) is 10.4. The normalized spacial score (nSPS) is 10.4. The summed E-state index contributed by atoms with van der Waals surface area (Å²) in [6, 6.07) is 15.7. The number of methoxy groups -OCH3 is 4. The highest BCUT2D eigenvalue weighted by atomic mass is 16.5. The Hall–Kier alpha value is -4.20. The van der Waals surface area contributed by atoms with Gasteiger partial charge in [-0.3, -0.25) is 9.59 Å². The van der Waals surface area contributed by atoms with Crippen LogP contribution in [-0.4, -0.2) is 45.1 Å². The summed E-state index contributed by atoms with van der Waals surface area (Å²) < 4.78 is 27.1. The molecule has 0 saturated heterocycles. The van der Waals surface area contributed by atoms with Crippen molar-refractivity contribution in [3.05, 3.63) is 71.3 Å². The Kier molecular flexibility index (Phi) is 7.97. The molecule has 0 atom stereocenters. The largest absolute Gasteiger partial charge is 0.504 e. The van der Waals surface area contributed by atoms with Crippen LogP contribution < -0.4 is 23.7 Å². The Morgan fingerprint density at radius 3 is 1.85 bits per heavy atom. The van der Waals surface area contributed by atoms with Gasteiger partial charge < -0.3 is 28.8 Å². The molecule has 0 radical (unpaired) electrons. The van der Waals surface area contributed by atoms with Crippen molar-refractivity contribution in [1.82, 2.24) is 0 Å². The van der Waals surface area contributed by atoms with E-state index in [1.165, 1.54) is 28.4 Å². The standard InChI is InChI=1S/C26H26O8/c1-30-18-12-10-17(11-13-18)19(27)14-20(28)21-22(29)24(31-2)26(33-4)25(32-3)23(21)34-15-16-8-6-5-7-9-16/h5-13,29H,14-15H2,1-4H3. The van der Waals surface area contributed by atoms with Gasteiger partial charge in [0.1, 0.15) is 17.9 Å². The van der Waals surface area contributed by atoms with E-state index in [9.17, 15) is 14.7 Å². The molecule has 0 aliphatic rings. The van der Waals surface area contributed by atoms with Crippen molar-refractivity contribution in [3.8, 4) is 34.5 Å². The fourth-order valence-corrected chi connectivity index (χ4v) is 3.45. The Balaban J connectivity index is 2.03.